The van der Waals surface area contributed by atoms with E-state index in [0.29, 0.717) is 31.2 Å². The van der Waals surface area contributed by atoms with Crippen molar-refractivity contribution in [1.29, 1.82) is 0 Å². The van der Waals surface area contributed by atoms with Crippen molar-refractivity contribution in [2.45, 2.75) is 57.7 Å². The number of aromatic nitrogens is 2. The molecule has 1 unspecified atom stereocenters. The maximum Gasteiger partial charge on any atom is 0.251 e. The molecule has 1 aliphatic carbocycles. The van der Waals surface area contributed by atoms with Crippen LogP contribution in [0.3, 0.4) is 0 Å². The number of rotatable bonds is 8. The molecule has 3 aromatic carbocycles. The average Bonchev–Trinajstić information content (AvgIpc) is 3.61. The lowest BCUT2D eigenvalue weighted by molar-refractivity contribution is -0.158. The highest BCUT2D eigenvalue weighted by molar-refractivity contribution is 6.04. The molecule has 0 saturated carbocycles. The van der Waals surface area contributed by atoms with Gasteiger partial charge in [-0.25, -0.2) is 0 Å². The lowest BCUT2D eigenvalue weighted by Crippen LogP contribution is -2.68. The van der Waals surface area contributed by atoms with Crippen LogP contribution in [0.1, 0.15) is 49.4 Å². The lowest BCUT2D eigenvalue weighted by Gasteiger charge is -2.46. The van der Waals surface area contributed by atoms with Gasteiger partial charge in [0.05, 0.1) is 17.4 Å². The second-order valence-electron chi connectivity index (χ2n) is 11.7. The molecule has 9 heteroatoms. The number of nitrogens with zero attached hydrogens (tertiary/aromatic N) is 3. The number of carbonyl (C=O) groups excluding carboxylic acids is 3. The summed E-state index contributed by atoms with van der Waals surface area (Å²) in [4.78, 5) is 44.7. The first kappa shape index (κ1) is 28.5. The van der Waals surface area contributed by atoms with Gasteiger partial charge in [-0.1, -0.05) is 69.2 Å². The van der Waals surface area contributed by atoms with E-state index in [1.807, 2.05) is 51.2 Å². The van der Waals surface area contributed by atoms with Gasteiger partial charge < -0.3 is 20.6 Å². The molecule has 4 aromatic rings. The van der Waals surface area contributed by atoms with Gasteiger partial charge in [0.2, 0.25) is 11.8 Å². The van der Waals surface area contributed by atoms with E-state index in [9.17, 15) is 19.5 Å². The van der Waals surface area contributed by atoms with Crippen LogP contribution in [-0.2, 0) is 34.3 Å². The third-order valence-electron chi connectivity index (χ3n) is 9.21. The highest BCUT2D eigenvalue weighted by Gasteiger charge is 2.51. The number of phenols is 1. The molecular formula is C34H37N5O4. The molecule has 1 aliphatic heterocycles. The summed E-state index contributed by atoms with van der Waals surface area (Å²) < 4.78 is 1.75. The van der Waals surface area contributed by atoms with Gasteiger partial charge in [0, 0.05) is 12.4 Å². The van der Waals surface area contributed by atoms with E-state index >= 15 is 0 Å². The Morgan fingerprint density at radius 3 is 2.37 bits per heavy atom. The maximum absolute atomic E-state index is 14.7. The van der Waals surface area contributed by atoms with Crippen LogP contribution in [0.25, 0.3) is 10.9 Å². The Kier molecular flexibility index (Phi) is 7.64. The summed E-state index contributed by atoms with van der Waals surface area (Å²) in [6.07, 6.45) is 4.39. The topological polar surface area (TPSA) is 117 Å². The smallest absolute Gasteiger partial charge is 0.251 e. The Hall–Kier alpha value is -4.66. The van der Waals surface area contributed by atoms with Crippen molar-refractivity contribution in [3.05, 3.63) is 89.6 Å². The van der Waals surface area contributed by atoms with E-state index in [0.717, 1.165) is 10.9 Å². The maximum atomic E-state index is 14.7. The molecule has 0 spiro atoms. The molecule has 1 aromatic heterocycles. The van der Waals surface area contributed by atoms with Crippen molar-refractivity contribution < 1.29 is 19.5 Å². The quantitative estimate of drug-likeness (QED) is 0.266. The summed E-state index contributed by atoms with van der Waals surface area (Å²) in [6, 6.07) is 17.4. The van der Waals surface area contributed by atoms with E-state index in [-0.39, 0.29) is 35.1 Å². The molecule has 2 aliphatic rings. The predicted molar refractivity (Wildman–Crippen MR) is 164 cm³/mol. The molecule has 0 bridgehead atoms. The van der Waals surface area contributed by atoms with Crippen molar-refractivity contribution in [1.82, 2.24) is 20.0 Å². The van der Waals surface area contributed by atoms with Crippen molar-refractivity contribution >= 4 is 34.3 Å². The van der Waals surface area contributed by atoms with Gasteiger partial charge in [-0.05, 0) is 65.6 Å². The fourth-order valence-electron chi connectivity index (χ4n) is 6.91. The monoisotopic (exact) mass is 579 g/mol. The largest absolute Gasteiger partial charge is 0.506 e. The fourth-order valence-corrected chi connectivity index (χ4v) is 6.91. The number of piperazine rings is 1. The van der Waals surface area contributed by atoms with Crippen molar-refractivity contribution in [2.75, 3.05) is 5.32 Å². The van der Waals surface area contributed by atoms with Gasteiger partial charge in [0.25, 0.3) is 5.91 Å². The van der Waals surface area contributed by atoms with Crippen molar-refractivity contribution in [3.8, 4) is 5.75 Å². The summed E-state index contributed by atoms with van der Waals surface area (Å²) in [5.41, 5.74) is 4.04. The van der Waals surface area contributed by atoms with E-state index < -0.39 is 24.0 Å². The summed E-state index contributed by atoms with van der Waals surface area (Å²) in [5, 5.41) is 21.6. The zero-order valence-corrected chi connectivity index (χ0v) is 24.7. The third-order valence-corrected chi connectivity index (χ3v) is 9.21. The van der Waals surface area contributed by atoms with Gasteiger partial charge in [0.15, 0.2) is 0 Å². The Morgan fingerprint density at radius 1 is 1.02 bits per heavy atom. The molecular weight excluding hydrogens is 542 g/mol. The second-order valence-corrected chi connectivity index (χ2v) is 11.7. The normalized spacial score (nSPS) is 19.5. The van der Waals surface area contributed by atoms with Gasteiger partial charge >= 0.3 is 0 Å². The minimum atomic E-state index is -1.13. The van der Waals surface area contributed by atoms with E-state index in [4.69, 9.17) is 0 Å². The first-order chi connectivity index (χ1) is 20.8. The predicted octanol–water partition coefficient (Wildman–Crippen LogP) is 4.51. The van der Waals surface area contributed by atoms with Crippen LogP contribution in [0.5, 0.6) is 5.75 Å². The van der Waals surface area contributed by atoms with E-state index in [2.05, 4.69) is 27.9 Å². The number of hydrogen-bond donors (Lipinski definition) is 3. The first-order valence-electron chi connectivity index (χ1n) is 15.0. The molecule has 1 fully saturated rings. The van der Waals surface area contributed by atoms with Crippen molar-refractivity contribution in [3.63, 3.8) is 0 Å². The van der Waals surface area contributed by atoms with E-state index in [1.165, 1.54) is 22.1 Å². The third kappa shape index (κ3) is 5.13. The van der Waals surface area contributed by atoms with Crippen molar-refractivity contribution in [2.24, 2.45) is 18.9 Å². The number of para-hydroxylation sites is 2. The Labute approximate surface area is 250 Å². The van der Waals surface area contributed by atoms with Crippen LogP contribution in [0.2, 0.25) is 0 Å². The summed E-state index contributed by atoms with van der Waals surface area (Å²) >= 11 is 0. The highest BCUT2D eigenvalue weighted by Crippen LogP contribution is 2.38. The number of carbonyl (C=O) groups is 3. The number of fused-ring (bicyclic) bond motifs is 2. The summed E-state index contributed by atoms with van der Waals surface area (Å²) in [7, 11) is 1.84. The molecule has 3 atom stereocenters. The zero-order valence-electron chi connectivity index (χ0n) is 24.7. The summed E-state index contributed by atoms with van der Waals surface area (Å²) in [6.45, 7) is 4.01. The molecule has 3 amide bonds. The minimum absolute atomic E-state index is 0.0850. The molecule has 6 rings (SSSR count). The minimum Gasteiger partial charge on any atom is -0.506 e. The number of aromatic hydroxyl groups is 1. The van der Waals surface area contributed by atoms with Crippen LogP contribution in [0.15, 0.2) is 72.9 Å². The number of hydrogen-bond acceptors (Lipinski definition) is 5. The standard InChI is InChI=1S/C34H37N5O4/c1-4-20(5-2)30-33(42)37-29(24-16-21-10-6-7-11-22(21)17-24)34(43)39(30)31(32(41)36-26-12-8-9-13-28(26)40)23-14-15-27-25(18-23)19-35-38(27)3/h6-15,18-20,24,29-31,40H,4-5,16-17H2,1-3H3,(H,36,41)(H,37,42)/t29-,30-,31?/m1/s1. The average molecular weight is 580 g/mol. The molecule has 9 nitrogen and oxygen atoms in total. The Bertz CT molecular complexity index is 1670. The number of nitrogens with one attached hydrogen (secondary N) is 2. The van der Waals surface area contributed by atoms with E-state index in [1.54, 1.807) is 29.1 Å². The highest BCUT2D eigenvalue weighted by atomic mass is 16.3. The Balaban J connectivity index is 1.46. The lowest BCUT2D eigenvalue weighted by atomic mass is 9.84. The van der Waals surface area contributed by atoms with Crippen LogP contribution in [0, 0.1) is 11.8 Å². The second kappa shape index (κ2) is 11.6. The number of amides is 3. The van der Waals surface area contributed by atoms with Gasteiger partial charge in [-0.3, -0.25) is 19.1 Å². The number of anilines is 1. The molecule has 43 heavy (non-hydrogen) atoms. The fraction of sp³-hybridized carbons (Fsp3) is 0.353. The van der Waals surface area contributed by atoms with Crippen LogP contribution in [0.4, 0.5) is 5.69 Å². The number of phenolic OH excluding ortho intramolecular Hbond substituents is 1. The first-order valence-corrected chi connectivity index (χ1v) is 15.0. The molecule has 2 heterocycles. The van der Waals surface area contributed by atoms with Crippen LogP contribution < -0.4 is 10.6 Å². The molecule has 0 radical (unpaired) electrons. The SMILES string of the molecule is CCC(CC)[C@@H]1C(=O)N[C@H](C2Cc3ccccc3C2)C(=O)N1C(C(=O)Nc1ccccc1O)c1ccc2c(cnn2C)c1. The summed E-state index contributed by atoms with van der Waals surface area (Å²) in [5.74, 6) is -1.37. The van der Waals surface area contributed by atoms with Crippen LogP contribution in [-0.4, -0.2) is 49.6 Å². The van der Waals surface area contributed by atoms with Gasteiger partial charge in [0.1, 0.15) is 23.9 Å². The molecule has 3 N–H and O–H groups in total. The molecule has 1 saturated heterocycles. The van der Waals surface area contributed by atoms with Gasteiger partial charge in [-0.15, -0.1) is 0 Å². The van der Waals surface area contributed by atoms with Gasteiger partial charge in [-0.2, -0.15) is 5.10 Å². The van der Waals surface area contributed by atoms with Crippen LogP contribution >= 0.6 is 0 Å². The number of aryl methyl sites for hydroxylation is 1. The zero-order chi connectivity index (χ0) is 30.2. The number of benzene rings is 3. The Morgan fingerprint density at radius 2 is 1.70 bits per heavy atom. The molecule has 222 valence electrons.